The van der Waals surface area contributed by atoms with E-state index in [0.717, 1.165) is 6.07 Å². The quantitative estimate of drug-likeness (QED) is 0.781. The van der Waals surface area contributed by atoms with Crippen LogP contribution in [-0.4, -0.2) is 9.97 Å². The highest BCUT2D eigenvalue weighted by atomic mass is 19.4. The van der Waals surface area contributed by atoms with Gasteiger partial charge in [0.15, 0.2) is 0 Å². The van der Waals surface area contributed by atoms with Crippen LogP contribution in [0.4, 0.5) is 17.6 Å². The topological polar surface area (TPSA) is 35.0 Å². The molecule has 0 spiro atoms. The highest BCUT2D eigenvalue weighted by molar-refractivity contribution is 5.33. The van der Waals surface area contributed by atoms with E-state index in [1.54, 1.807) is 6.92 Å². The van der Waals surface area contributed by atoms with Crippen LogP contribution in [0.5, 0.6) is 11.6 Å². The van der Waals surface area contributed by atoms with Gasteiger partial charge in [-0.1, -0.05) is 0 Å². The number of aromatic nitrogens is 2. The molecule has 0 atom stereocenters. The second kappa shape index (κ2) is 4.83. The van der Waals surface area contributed by atoms with Gasteiger partial charge < -0.3 is 4.74 Å². The lowest BCUT2D eigenvalue weighted by molar-refractivity contribution is -0.140. The van der Waals surface area contributed by atoms with Crippen molar-refractivity contribution in [2.45, 2.75) is 13.1 Å². The van der Waals surface area contributed by atoms with Gasteiger partial charge in [0.1, 0.15) is 17.4 Å². The zero-order chi connectivity index (χ0) is 14.0. The number of alkyl halides is 3. The van der Waals surface area contributed by atoms with Crippen LogP contribution in [0.1, 0.15) is 11.4 Å². The Morgan fingerprint density at radius 1 is 1.16 bits per heavy atom. The third kappa shape index (κ3) is 3.18. The van der Waals surface area contributed by atoms with Gasteiger partial charge >= 0.3 is 6.18 Å². The molecule has 3 nitrogen and oxygen atoms in total. The first-order valence-corrected chi connectivity index (χ1v) is 5.20. The third-order valence-corrected chi connectivity index (χ3v) is 2.22. The summed E-state index contributed by atoms with van der Waals surface area (Å²) in [7, 11) is 0. The summed E-state index contributed by atoms with van der Waals surface area (Å²) in [5.74, 6) is -0.992. The van der Waals surface area contributed by atoms with Gasteiger partial charge in [0, 0.05) is 12.3 Å². The Morgan fingerprint density at radius 3 is 2.53 bits per heavy atom. The molecule has 19 heavy (non-hydrogen) atoms. The van der Waals surface area contributed by atoms with Gasteiger partial charge in [-0.2, -0.15) is 18.2 Å². The molecule has 100 valence electrons. The molecule has 1 heterocycles. The molecule has 2 rings (SSSR count). The summed E-state index contributed by atoms with van der Waals surface area (Å²) in [4.78, 5) is 7.70. The first kappa shape index (κ1) is 13.3. The van der Waals surface area contributed by atoms with Gasteiger partial charge in [-0.3, -0.25) is 0 Å². The van der Waals surface area contributed by atoms with E-state index < -0.39 is 17.6 Å². The summed E-state index contributed by atoms with van der Waals surface area (Å²) in [6.07, 6.45) is -3.36. The standard InChI is InChI=1S/C12H8F4N2O/c1-7-17-5-4-11(18-7)19-8-2-3-10(13)9(6-8)12(14,15)16/h2-6H,1H3. The molecule has 0 aliphatic rings. The molecule has 0 radical (unpaired) electrons. The minimum Gasteiger partial charge on any atom is -0.439 e. The van der Waals surface area contributed by atoms with Crippen LogP contribution in [0.3, 0.4) is 0 Å². The van der Waals surface area contributed by atoms with Gasteiger partial charge in [-0.15, -0.1) is 0 Å². The van der Waals surface area contributed by atoms with Gasteiger partial charge in [-0.05, 0) is 25.1 Å². The lowest BCUT2D eigenvalue weighted by Crippen LogP contribution is -2.08. The normalized spacial score (nSPS) is 11.4. The van der Waals surface area contributed by atoms with E-state index in [0.29, 0.717) is 18.0 Å². The second-order valence-electron chi connectivity index (χ2n) is 3.68. The number of ether oxygens (including phenoxy) is 1. The van der Waals surface area contributed by atoms with E-state index in [1.165, 1.54) is 12.3 Å². The Balaban J connectivity index is 2.32. The van der Waals surface area contributed by atoms with Crippen molar-refractivity contribution < 1.29 is 22.3 Å². The van der Waals surface area contributed by atoms with E-state index in [4.69, 9.17) is 4.74 Å². The summed E-state index contributed by atoms with van der Waals surface area (Å²) in [5, 5.41) is 0. The zero-order valence-corrected chi connectivity index (χ0v) is 9.70. The fraction of sp³-hybridized carbons (Fsp3) is 0.167. The minimum absolute atomic E-state index is 0.0900. The predicted octanol–water partition coefficient (Wildman–Crippen LogP) is 3.74. The van der Waals surface area contributed by atoms with E-state index in [2.05, 4.69) is 9.97 Å². The summed E-state index contributed by atoms with van der Waals surface area (Å²) in [6, 6.07) is 3.78. The number of rotatable bonds is 2. The van der Waals surface area contributed by atoms with Crippen molar-refractivity contribution in [2.75, 3.05) is 0 Å². The molecule has 0 aliphatic carbocycles. The molecule has 0 aliphatic heterocycles. The summed E-state index contributed by atoms with van der Waals surface area (Å²) >= 11 is 0. The lowest BCUT2D eigenvalue weighted by atomic mass is 10.2. The fourth-order valence-electron chi connectivity index (χ4n) is 1.40. The number of hydrogen-bond donors (Lipinski definition) is 0. The molecule has 0 unspecified atom stereocenters. The molecule has 0 amide bonds. The van der Waals surface area contributed by atoms with Crippen LogP contribution in [-0.2, 0) is 6.18 Å². The van der Waals surface area contributed by atoms with Crippen molar-refractivity contribution in [2.24, 2.45) is 0 Å². The Hall–Kier alpha value is -2.18. The smallest absolute Gasteiger partial charge is 0.419 e. The maximum atomic E-state index is 13.1. The van der Waals surface area contributed by atoms with Crippen molar-refractivity contribution >= 4 is 0 Å². The largest absolute Gasteiger partial charge is 0.439 e. The highest BCUT2D eigenvalue weighted by Gasteiger charge is 2.34. The van der Waals surface area contributed by atoms with E-state index in [-0.39, 0.29) is 11.6 Å². The Morgan fingerprint density at radius 2 is 1.89 bits per heavy atom. The minimum atomic E-state index is -4.77. The average molecular weight is 272 g/mol. The van der Waals surface area contributed by atoms with Crippen LogP contribution in [0.25, 0.3) is 0 Å². The van der Waals surface area contributed by atoms with Crippen LogP contribution >= 0.6 is 0 Å². The van der Waals surface area contributed by atoms with Gasteiger partial charge in [0.05, 0.1) is 5.56 Å². The number of nitrogens with zero attached hydrogens (tertiary/aromatic N) is 2. The number of halogens is 4. The summed E-state index contributed by atoms with van der Waals surface area (Å²) in [5.41, 5.74) is -1.38. The molecular weight excluding hydrogens is 264 g/mol. The lowest BCUT2D eigenvalue weighted by Gasteiger charge is -2.10. The highest BCUT2D eigenvalue weighted by Crippen LogP contribution is 2.34. The van der Waals surface area contributed by atoms with E-state index in [1.807, 2.05) is 0 Å². The number of hydrogen-bond acceptors (Lipinski definition) is 3. The van der Waals surface area contributed by atoms with Crippen LogP contribution < -0.4 is 4.74 Å². The molecule has 0 fully saturated rings. The van der Waals surface area contributed by atoms with Crippen molar-refractivity contribution in [3.8, 4) is 11.6 Å². The molecular formula is C12H8F4N2O. The van der Waals surface area contributed by atoms with Crippen LogP contribution in [0.15, 0.2) is 30.5 Å². The number of benzene rings is 1. The van der Waals surface area contributed by atoms with Crippen LogP contribution in [0.2, 0.25) is 0 Å². The second-order valence-corrected chi connectivity index (χ2v) is 3.68. The molecule has 7 heteroatoms. The average Bonchev–Trinajstić information content (AvgIpc) is 2.30. The Labute approximate surface area is 105 Å². The first-order valence-electron chi connectivity index (χ1n) is 5.20. The molecule has 1 aromatic carbocycles. The fourth-order valence-corrected chi connectivity index (χ4v) is 1.40. The molecule has 1 aromatic heterocycles. The first-order chi connectivity index (χ1) is 8.86. The van der Waals surface area contributed by atoms with Crippen molar-refractivity contribution in [3.63, 3.8) is 0 Å². The Bertz CT molecular complexity index is 599. The van der Waals surface area contributed by atoms with Gasteiger partial charge in [0.2, 0.25) is 5.88 Å². The predicted molar refractivity (Wildman–Crippen MR) is 58.2 cm³/mol. The number of aryl methyl sites for hydroxylation is 1. The maximum absolute atomic E-state index is 13.1. The maximum Gasteiger partial charge on any atom is 0.419 e. The zero-order valence-electron chi connectivity index (χ0n) is 9.70. The molecule has 0 N–H and O–H groups in total. The van der Waals surface area contributed by atoms with Crippen LogP contribution in [0, 0.1) is 12.7 Å². The molecule has 0 bridgehead atoms. The summed E-state index contributed by atoms with van der Waals surface area (Å²) < 4.78 is 55.7. The van der Waals surface area contributed by atoms with Crippen molar-refractivity contribution in [1.82, 2.24) is 9.97 Å². The molecule has 0 saturated heterocycles. The van der Waals surface area contributed by atoms with E-state index in [9.17, 15) is 17.6 Å². The third-order valence-electron chi connectivity index (χ3n) is 2.22. The molecule has 2 aromatic rings. The van der Waals surface area contributed by atoms with Gasteiger partial charge in [-0.25, -0.2) is 9.37 Å². The van der Waals surface area contributed by atoms with Crippen molar-refractivity contribution in [3.05, 3.63) is 47.7 Å². The van der Waals surface area contributed by atoms with Gasteiger partial charge in [0.25, 0.3) is 0 Å². The molecule has 0 saturated carbocycles. The summed E-state index contributed by atoms with van der Waals surface area (Å²) in [6.45, 7) is 1.61. The van der Waals surface area contributed by atoms with Crippen molar-refractivity contribution in [1.29, 1.82) is 0 Å². The Kier molecular flexibility index (Phi) is 3.37. The SMILES string of the molecule is Cc1nccc(Oc2ccc(F)c(C(F)(F)F)c2)n1. The monoisotopic (exact) mass is 272 g/mol. The van der Waals surface area contributed by atoms with E-state index >= 15 is 0 Å².